The summed E-state index contributed by atoms with van der Waals surface area (Å²) in [5, 5.41) is 3.60. The molecule has 1 aromatic heterocycles. The van der Waals surface area contributed by atoms with Crippen LogP contribution in [0.2, 0.25) is 0 Å². The van der Waals surface area contributed by atoms with Crippen molar-refractivity contribution in [3.05, 3.63) is 35.0 Å². The van der Waals surface area contributed by atoms with Crippen LogP contribution in [-0.4, -0.2) is 36.8 Å². The fourth-order valence-electron chi connectivity index (χ4n) is 4.40. The Morgan fingerprint density at radius 1 is 1.00 bits per heavy atom. The van der Waals surface area contributed by atoms with E-state index < -0.39 is 0 Å². The molecule has 1 saturated carbocycles. The number of aromatic nitrogens is 2. The molecular formula is C23H32N4O2. The highest BCUT2D eigenvalue weighted by Gasteiger charge is 2.22. The molecule has 0 saturated heterocycles. The molecule has 0 radical (unpaired) electrons. The number of hydrogen-bond donors (Lipinski definition) is 1. The van der Waals surface area contributed by atoms with Crippen molar-refractivity contribution >= 4 is 11.8 Å². The van der Waals surface area contributed by atoms with E-state index in [2.05, 4.69) is 35.3 Å². The molecule has 1 fully saturated rings. The Kier molecular flexibility index (Phi) is 6.07. The quantitative estimate of drug-likeness (QED) is 0.783. The van der Waals surface area contributed by atoms with Gasteiger partial charge in [-0.15, -0.1) is 0 Å². The van der Waals surface area contributed by atoms with Crippen LogP contribution in [-0.2, 0) is 19.4 Å². The summed E-state index contributed by atoms with van der Waals surface area (Å²) in [5.74, 6) is 3.37. The molecule has 0 bridgehead atoms. The van der Waals surface area contributed by atoms with Crippen molar-refractivity contribution < 1.29 is 9.47 Å². The number of rotatable bonds is 6. The lowest BCUT2D eigenvalue weighted by atomic mass is 9.96. The molecule has 1 N–H and O–H groups in total. The number of aryl methyl sites for hydroxylation is 1. The number of methoxy groups -OCH3 is 2. The summed E-state index contributed by atoms with van der Waals surface area (Å²) in [4.78, 5) is 12.0. The molecule has 6 nitrogen and oxygen atoms in total. The van der Waals surface area contributed by atoms with E-state index in [0.717, 1.165) is 54.9 Å². The molecule has 1 aromatic carbocycles. The van der Waals surface area contributed by atoms with Gasteiger partial charge >= 0.3 is 0 Å². The van der Waals surface area contributed by atoms with Gasteiger partial charge in [0, 0.05) is 30.9 Å². The fraction of sp³-hybridized carbons (Fsp3) is 0.565. The van der Waals surface area contributed by atoms with Gasteiger partial charge in [0.1, 0.15) is 5.82 Å². The monoisotopic (exact) mass is 396 g/mol. The Labute approximate surface area is 173 Å². The van der Waals surface area contributed by atoms with E-state index in [1.54, 1.807) is 14.2 Å². The van der Waals surface area contributed by atoms with Gasteiger partial charge in [-0.1, -0.05) is 26.2 Å². The molecule has 0 unspecified atom stereocenters. The Morgan fingerprint density at radius 3 is 2.41 bits per heavy atom. The molecule has 0 atom stereocenters. The minimum absolute atomic E-state index is 0.502. The Hall–Kier alpha value is -2.50. The van der Waals surface area contributed by atoms with Crippen LogP contribution in [0.3, 0.4) is 0 Å². The molecule has 0 spiro atoms. The molecule has 0 amide bonds. The van der Waals surface area contributed by atoms with Crippen molar-refractivity contribution in [3.8, 4) is 11.5 Å². The molecule has 156 valence electrons. The van der Waals surface area contributed by atoms with Gasteiger partial charge in [0.05, 0.1) is 14.2 Å². The zero-order chi connectivity index (χ0) is 20.2. The maximum Gasteiger partial charge on any atom is 0.225 e. The normalized spacial score (nSPS) is 17.0. The molecule has 29 heavy (non-hydrogen) atoms. The highest BCUT2D eigenvalue weighted by molar-refractivity contribution is 5.53. The molecule has 2 heterocycles. The molecule has 2 aliphatic rings. The molecule has 1 aliphatic heterocycles. The summed E-state index contributed by atoms with van der Waals surface area (Å²) in [6.45, 7) is 3.91. The van der Waals surface area contributed by atoms with Gasteiger partial charge in [0.2, 0.25) is 5.95 Å². The van der Waals surface area contributed by atoms with E-state index in [9.17, 15) is 0 Å². The van der Waals surface area contributed by atoms with E-state index in [1.807, 2.05) is 0 Å². The van der Waals surface area contributed by atoms with Gasteiger partial charge in [-0.05, 0) is 48.9 Å². The van der Waals surface area contributed by atoms with Gasteiger partial charge in [0.25, 0.3) is 0 Å². The van der Waals surface area contributed by atoms with Gasteiger partial charge in [-0.2, -0.15) is 4.98 Å². The molecule has 6 heteroatoms. The third kappa shape index (κ3) is 4.41. The summed E-state index contributed by atoms with van der Waals surface area (Å²) in [5.41, 5.74) is 3.68. The number of hydrogen-bond acceptors (Lipinski definition) is 6. The first-order valence-corrected chi connectivity index (χ1v) is 10.8. The van der Waals surface area contributed by atoms with Crippen LogP contribution in [0.15, 0.2) is 18.2 Å². The molecule has 4 rings (SSSR count). The zero-order valence-electron chi connectivity index (χ0n) is 17.8. The van der Waals surface area contributed by atoms with Crippen LogP contribution < -0.4 is 19.7 Å². The Bertz CT molecular complexity index is 849. The number of fused-ring (bicyclic) bond motifs is 1. The zero-order valence-corrected chi connectivity index (χ0v) is 17.8. The van der Waals surface area contributed by atoms with Crippen molar-refractivity contribution in [1.29, 1.82) is 0 Å². The van der Waals surface area contributed by atoms with Crippen LogP contribution in [0.1, 0.15) is 55.8 Å². The number of anilines is 2. The lowest BCUT2D eigenvalue weighted by Crippen LogP contribution is -2.32. The summed E-state index contributed by atoms with van der Waals surface area (Å²) in [7, 11) is 3.37. The predicted octanol–water partition coefficient (Wildman–Crippen LogP) is 4.36. The number of nitrogens with zero attached hydrogens (tertiary/aromatic N) is 3. The van der Waals surface area contributed by atoms with Gasteiger partial charge < -0.3 is 19.7 Å². The first-order chi connectivity index (χ1) is 14.2. The van der Waals surface area contributed by atoms with E-state index >= 15 is 0 Å². The van der Waals surface area contributed by atoms with Crippen LogP contribution in [0, 0.1) is 0 Å². The third-order valence-electron chi connectivity index (χ3n) is 6.11. The summed E-state index contributed by atoms with van der Waals surface area (Å²) < 4.78 is 11.0. The second-order valence-corrected chi connectivity index (χ2v) is 8.02. The third-order valence-corrected chi connectivity index (χ3v) is 6.11. The van der Waals surface area contributed by atoms with Crippen molar-refractivity contribution in [2.45, 2.75) is 64.5 Å². The highest BCUT2D eigenvalue weighted by atomic mass is 16.5. The number of nitrogens with one attached hydrogen (secondary N) is 1. The van der Waals surface area contributed by atoms with E-state index in [1.165, 1.54) is 43.2 Å². The second-order valence-electron chi connectivity index (χ2n) is 8.02. The van der Waals surface area contributed by atoms with E-state index in [-0.39, 0.29) is 0 Å². The average molecular weight is 397 g/mol. The minimum atomic E-state index is 0.502. The first-order valence-electron chi connectivity index (χ1n) is 10.8. The van der Waals surface area contributed by atoms with Gasteiger partial charge in [-0.3, -0.25) is 0 Å². The molecule has 1 aliphatic carbocycles. The molecular weight excluding hydrogens is 364 g/mol. The number of benzene rings is 1. The average Bonchev–Trinajstić information content (AvgIpc) is 2.78. The highest BCUT2D eigenvalue weighted by Crippen LogP contribution is 2.34. The Morgan fingerprint density at radius 2 is 1.72 bits per heavy atom. The largest absolute Gasteiger partial charge is 0.493 e. The van der Waals surface area contributed by atoms with Crippen LogP contribution >= 0.6 is 0 Å². The summed E-state index contributed by atoms with van der Waals surface area (Å²) >= 11 is 0. The Balaban J connectivity index is 1.57. The van der Waals surface area contributed by atoms with Crippen molar-refractivity contribution in [2.24, 2.45) is 0 Å². The van der Waals surface area contributed by atoms with Crippen molar-refractivity contribution in [3.63, 3.8) is 0 Å². The topological polar surface area (TPSA) is 59.5 Å². The maximum absolute atomic E-state index is 5.50. The standard InChI is InChI=1S/C23H32N4O2/c1-4-18-14-22(26-23(24-18)25-19-8-6-5-7-9-19)27-11-10-16-12-20(28-2)21(29-3)13-17(16)15-27/h12-14,19H,4-11,15H2,1-3H3,(H,24,25,26). The lowest BCUT2D eigenvalue weighted by molar-refractivity contribution is 0.353. The second kappa shape index (κ2) is 8.89. The maximum atomic E-state index is 5.50. The number of ether oxygens (including phenoxy) is 2. The molecule has 2 aromatic rings. The van der Waals surface area contributed by atoms with Crippen molar-refractivity contribution in [2.75, 3.05) is 31.0 Å². The van der Waals surface area contributed by atoms with Crippen molar-refractivity contribution in [1.82, 2.24) is 9.97 Å². The van der Waals surface area contributed by atoms with Gasteiger partial charge in [-0.25, -0.2) is 4.98 Å². The van der Waals surface area contributed by atoms with E-state index in [0.29, 0.717) is 6.04 Å². The van der Waals surface area contributed by atoms with Crippen LogP contribution in [0.5, 0.6) is 11.5 Å². The van der Waals surface area contributed by atoms with Crippen LogP contribution in [0.25, 0.3) is 0 Å². The van der Waals surface area contributed by atoms with Gasteiger partial charge in [0.15, 0.2) is 11.5 Å². The smallest absolute Gasteiger partial charge is 0.225 e. The summed E-state index contributed by atoms with van der Waals surface area (Å²) in [6, 6.07) is 6.85. The fourth-order valence-corrected chi connectivity index (χ4v) is 4.40. The van der Waals surface area contributed by atoms with E-state index in [4.69, 9.17) is 19.4 Å². The minimum Gasteiger partial charge on any atom is -0.493 e. The predicted molar refractivity (Wildman–Crippen MR) is 116 cm³/mol. The first kappa shape index (κ1) is 19.8. The summed E-state index contributed by atoms with van der Waals surface area (Å²) in [6.07, 6.45) is 8.25. The lowest BCUT2D eigenvalue weighted by Gasteiger charge is -2.31. The van der Waals surface area contributed by atoms with Crippen LogP contribution in [0.4, 0.5) is 11.8 Å². The SMILES string of the molecule is CCc1cc(N2CCc3cc(OC)c(OC)cc3C2)nc(NC2CCCCC2)n1.